The third-order valence-corrected chi connectivity index (χ3v) is 4.05. The Morgan fingerprint density at radius 1 is 1.19 bits per heavy atom. The summed E-state index contributed by atoms with van der Waals surface area (Å²) < 4.78 is 33.7. The summed E-state index contributed by atoms with van der Waals surface area (Å²) in [5.74, 6) is -0.535. The van der Waals surface area contributed by atoms with Crippen LogP contribution in [0, 0.1) is 18.6 Å². The molecule has 108 valence electrons. The number of hydrogen-bond acceptors (Lipinski definition) is 4. The molecule has 3 aromatic rings. The lowest BCUT2D eigenvalue weighted by molar-refractivity contribution is 0.415. The van der Waals surface area contributed by atoms with E-state index < -0.39 is 11.6 Å². The van der Waals surface area contributed by atoms with E-state index in [4.69, 9.17) is 4.74 Å². The van der Waals surface area contributed by atoms with E-state index in [1.54, 1.807) is 26.2 Å². The molecule has 0 amide bonds. The predicted molar refractivity (Wildman–Crippen MR) is 80.5 cm³/mol. The molecule has 0 radical (unpaired) electrons. The van der Waals surface area contributed by atoms with Crippen molar-refractivity contribution in [2.24, 2.45) is 0 Å². The fraction of sp³-hybridized carbons (Fsp3) is 0.133. The first-order valence-corrected chi connectivity index (χ1v) is 7.06. The molecule has 0 aliphatic carbocycles. The third-order valence-electron chi connectivity index (χ3n) is 3.11. The van der Waals surface area contributed by atoms with Crippen LogP contribution in [0.5, 0.6) is 5.75 Å². The summed E-state index contributed by atoms with van der Waals surface area (Å²) in [5.41, 5.74) is 0.944. The van der Waals surface area contributed by atoms with Crippen molar-refractivity contribution >= 4 is 32.4 Å². The Labute approximate surface area is 124 Å². The molecular formula is C15H12F2N2OS. The van der Waals surface area contributed by atoms with Crippen LogP contribution in [0.1, 0.15) is 5.56 Å². The highest BCUT2D eigenvalue weighted by Crippen LogP contribution is 2.32. The predicted octanol–water partition coefficient (Wildman–Crippen LogP) is 4.64. The molecule has 0 bridgehead atoms. The second-order valence-corrected chi connectivity index (χ2v) is 5.56. The van der Waals surface area contributed by atoms with Gasteiger partial charge in [-0.1, -0.05) is 17.4 Å². The van der Waals surface area contributed by atoms with E-state index >= 15 is 0 Å². The van der Waals surface area contributed by atoms with Crippen molar-refractivity contribution in [1.29, 1.82) is 0 Å². The van der Waals surface area contributed by atoms with Gasteiger partial charge in [-0.25, -0.2) is 13.8 Å². The fourth-order valence-corrected chi connectivity index (χ4v) is 2.86. The number of benzene rings is 2. The molecular weight excluding hydrogens is 294 g/mol. The molecule has 0 unspecified atom stereocenters. The van der Waals surface area contributed by atoms with Crippen LogP contribution in [-0.2, 0) is 0 Å². The molecule has 0 spiro atoms. The van der Waals surface area contributed by atoms with Gasteiger partial charge in [-0.05, 0) is 36.8 Å². The zero-order valence-electron chi connectivity index (χ0n) is 11.4. The Bertz CT molecular complexity index is 817. The van der Waals surface area contributed by atoms with E-state index in [2.05, 4.69) is 10.3 Å². The molecule has 0 atom stereocenters. The van der Waals surface area contributed by atoms with Crippen molar-refractivity contribution in [1.82, 2.24) is 4.98 Å². The van der Waals surface area contributed by atoms with Gasteiger partial charge in [0.1, 0.15) is 17.3 Å². The maximum absolute atomic E-state index is 14.0. The minimum absolute atomic E-state index is 0.180. The third kappa shape index (κ3) is 2.54. The van der Waals surface area contributed by atoms with Crippen LogP contribution in [0.4, 0.5) is 19.6 Å². The normalized spacial score (nSPS) is 10.9. The van der Waals surface area contributed by atoms with E-state index in [1.807, 2.05) is 6.07 Å². The number of thiazole rings is 1. The summed E-state index contributed by atoms with van der Waals surface area (Å²) in [6.45, 7) is 1.59. The maximum Gasteiger partial charge on any atom is 0.188 e. The Balaban J connectivity index is 2.00. The van der Waals surface area contributed by atoms with Crippen LogP contribution < -0.4 is 10.1 Å². The summed E-state index contributed by atoms with van der Waals surface area (Å²) in [5, 5.41) is 3.16. The molecule has 2 aromatic carbocycles. The molecule has 21 heavy (non-hydrogen) atoms. The van der Waals surface area contributed by atoms with Crippen molar-refractivity contribution in [2.75, 3.05) is 12.4 Å². The molecule has 1 heterocycles. The Hall–Kier alpha value is -2.21. The second kappa shape index (κ2) is 5.29. The van der Waals surface area contributed by atoms with E-state index in [0.717, 1.165) is 10.2 Å². The van der Waals surface area contributed by atoms with Crippen molar-refractivity contribution < 1.29 is 13.5 Å². The van der Waals surface area contributed by atoms with Gasteiger partial charge in [-0.3, -0.25) is 0 Å². The van der Waals surface area contributed by atoms with Crippen molar-refractivity contribution in [2.45, 2.75) is 6.92 Å². The van der Waals surface area contributed by atoms with Crippen LogP contribution in [0.25, 0.3) is 10.2 Å². The summed E-state index contributed by atoms with van der Waals surface area (Å²) in [6.07, 6.45) is 0. The zero-order valence-corrected chi connectivity index (χ0v) is 12.2. The SMILES string of the molecule is COc1ccc2nc(Nc3c(F)ccc(C)c3F)sc2c1. The lowest BCUT2D eigenvalue weighted by atomic mass is 10.2. The Kier molecular flexibility index (Phi) is 3.47. The van der Waals surface area contributed by atoms with Crippen LogP contribution >= 0.6 is 11.3 Å². The van der Waals surface area contributed by atoms with Gasteiger partial charge in [-0.15, -0.1) is 0 Å². The number of rotatable bonds is 3. The summed E-state index contributed by atoms with van der Waals surface area (Å²) in [7, 11) is 1.58. The van der Waals surface area contributed by atoms with Gasteiger partial charge < -0.3 is 10.1 Å². The number of nitrogens with one attached hydrogen (secondary N) is 1. The summed E-state index contributed by atoms with van der Waals surface area (Å²) in [6, 6.07) is 8.07. The molecule has 0 fully saturated rings. The molecule has 0 aliphatic rings. The van der Waals surface area contributed by atoms with E-state index in [-0.39, 0.29) is 5.69 Å². The van der Waals surface area contributed by atoms with Gasteiger partial charge in [0.2, 0.25) is 0 Å². The highest BCUT2D eigenvalue weighted by atomic mass is 32.1. The van der Waals surface area contributed by atoms with Gasteiger partial charge in [-0.2, -0.15) is 0 Å². The van der Waals surface area contributed by atoms with Gasteiger partial charge in [0.25, 0.3) is 0 Å². The van der Waals surface area contributed by atoms with Crippen molar-refractivity contribution in [3.8, 4) is 5.75 Å². The van der Waals surface area contributed by atoms with E-state index in [1.165, 1.54) is 23.5 Å². The first-order valence-electron chi connectivity index (χ1n) is 6.24. The van der Waals surface area contributed by atoms with Gasteiger partial charge >= 0.3 is 0 Å². The van der Waals surface area contributed by atoms with E-state index in [0.29, 0.717) is 16.4 Å². The first kappa shape index (κ1) is 13.8. The smallest absolute Gasteiger partial charge is 0.188 e. The number of halogens is 2. The number of aromatic nitrogens is 1. The van der Waals surface area contributed by atoms with Crippen LogP contribution in [0.2, 0.25) is 0 Å². The topological polar surface area (TPSA) is 34.1 Å². The Morgan fingerprint density at radius 2 is 2.00 bits per heavy atom. The highest BCUT2D eigenvalue weighted by molar-refractivity contribution is 7.22. The van der Waals surface area contributed by atoms with Crippen LogP contribution in [-0.4, -0.2) is 12.1 Å². The number of aryl methyl sites for hydroxylation is 1. The lowest BCUT2D eigenvalue weighted by Gasteiger charge is -2.07. The number of hydrogen-bond donors (Lipinski definition) is 1. The number of methoxy groups -OCH3 is 1. The van der Waals surface area contributed by atoms with Crippen molar-refractivity contribution in [3.05, 3.63) is 47.5 Å². The van der Waals surface area contributed by atoms with Gasteiger partial charge in [0, 0.05) is 0 Å². The minimum Gasteiger partial charge on any atom is -0.497 e. The van der Waals surface area contributed by atoms with E-state index in [9.17, 15) is 8.78 Å². The molecule has 1 N–H and O–H groups in total. The fourth-order valence-electron chi connectivity index (χ4n) is 1.96. The van der Waals surface area contributed by atoms with Gasteiger partial charge in [0.05, 0.1) is 17.3 Å². The average molecular weight is 306 g/mol. The molecule has 0 aliphatic heterocycles. The average Bonchev–Trinajstić information content (AvgIpc) is 2.89. The summed E-state index contributed by atoms with van der Waals surface area (Å²) in [4.78, 5) is 4.31. The number of nitrogens with zero attached hydrogens (tertiary/aromatic N) is 1. The molecule has 6 heteroatoms. The summed E-state index contributed by atoms with van der Waals surface area (Å²) >= 11 is 1.31. The van der Waals surface area contributed by atoms with Crippen LogP contribution in [0.15, 0.2) is 30.3 Å². The molecule has 3 rings (SSSR count). The van der Waals surface area contributed by atoms with Crippen LogP contribution in [0.3, 0.4) is 0 Å². The zero-order chi connectivity index (χ0) is 15.0. The number of ether oxygens (including phenoxy) is 1. The maximum atomic E-state index is 14.0. The molecule has 3 nitrogen and oxygen atoms in total. The second-order valence-electron chi connectivity index (χ2n) is 4.53. The lowest BCUT2D eigenvalue weighted by Crippen LogP contribution is -1.98. The molecule has 0 saturated heterocycles. The Morgan fingerprint density at radius 3 is 2.76 bits per heavy atom. The minimum atomic E-state index is -0.644. The van der Waals surface area contributed by atoms with Crippen molar-refractivity contribution in [3.63, 3.8) is 0 Å². The molecule has 1 aromatic heterocycles. The van der Waals surface area contributed by atoms with Gasteiger partial charge in [0.15, 0.2) is 10.9 Å². The quantitative estimate of drug-likeness (QED) is 0.765. The monoisotopic (exact) mass is 306 g/mol. The number of anilines is 2. The molecule has 0 saturated carbocycles. The number of fused-ring (bicyclic) bond motifs is 1. The standard InChI is InChI=1S/C15H12F2N2OS/c1-8-3-5-10(16)14(13(8)17)19-15-18-11-6-4-9(20-2)7-12(11)21-15/h3-7H,1-2H3,(H,18,19). The first-order chi connectivity index (χ1) is 10.1. The highest BCUT2D eigenvalue weighted by Gasteiger charge is 2.14. The largest absolute Gasteiger partial charge is 0.497 e.